The predicted molar refractivity (Wildman–Crippen MR) is 118 cm³/mol. The zero-order valence-corrected chi connectivity index (χ0v) is 18.1. The number of nitro benzene ring substituents is 1. The van der Waals surface area contributed by atoms with Gasteiger partial charge in [0, 0.05) is 29.3 Å². The lowest BCUT2D eigenvalue weighted by Crippen LogP contribution is -2.27. The third-order valence-electron chi connectivity index (χ3n) is 4.71. The summed E-state index contributed by atoms with van der Waals surface area (Å²) in [5, 5.41) is 21.4. The molecule has 0 radical (unpaired) electrons. The maximum atomic E-state index is 12.7. The van der Waals surface area contributed by atoms with Crippen molar-refractivity contribution in [2.24, 2.45) is 0 Å². The number of carbonyl (C=O) groups excluding carboxylic acids is 3. The van der Waals surface area contributed by atoms with Crippen LogP contribution in [-0.2, 0) is 11.3 Å². The van der Waals surface area contributed by atoms with Gasteiger partial charge in [-0.15, -0.1) is 0 Å². The molecule has 0 saturated carbocycles. The summed E-state index contributed by atoms with van der Waals surface area (Å²) in [6.07, 6.45) is 1.42. The van der Waals surface area contributed by atoms with E-state index in [1.807, 2.05) is 0 Å². The number of amides is 2. The van der Waals surface area contributed by atoms with Gasteiger partial charge in [-0.25, -0.2) is 0 Å². The van der Waals surface area contributed by atoms with E-state index in [4.69, 9.17) is 16.0 Å². The lowest BCUT2D eigenvalue weighted by atomic mass is 10.1. The molecule has 0 aliphatic carbocycles. The molecule has 166 valence electrons. The van der Waals surface area contributed by atoms with Crippen molar-refractivity contribution in [1.29, 1.82) is 0 Å². The standard InChI is InChI=1S/C22H13ClN2O7S/c23-17-9-13(4-6-16(17)21(27)28)18-7-5-15(32-18)10-19-20(26)24(22(29)33-19)11-12-2-1-3-14(8-12)25(30)31/h1-10H,11H2,(H,27,28)/p-1/b19-10+. The number of thioether (sulfide) groups is 1. The topological polar surface area (TPSA) is 134 Å². The minimum Gasteiger partial charge on any atom is -0.545 e. The molecule has 3 aromatic rings. The number of nitro groups is 1. The zero-order chi connectivity index (χ0) is 23.7. The Bertz CT molecular complexity index is 1350. The van der Waals surface area contributed by atoms with Crippen molar-refractivity contribution in [2.45, 2.75) is 6.54 Å². The Labute approximate surface area is 195 Å². The highest BCUT2D eigenvalue weighted by molar-refractivity contribution is 8.18. The number of halogens is 1. The SMILES string of the molecule is O=C([O-])c1ccc(-c2ccc(/C=C3/SC(=O)N(Cc4cccc([N+](=O)[O-])c4)C3=O)o2)cc1Cl. The first-order valence-corrected chi connectivity index (χ1v) is 10.5. The first-order valence-electron chi connectivity index (χ1n) is 9.33. The number of non-ortho nitro benzene ring substituents is 1. The summed E-state index contributed by atoms with van der Waals surface area (Å²) in [4.78, 5) is 47.6. The van der Waals surface area contributed by atoms with Crippen molar-refractivity contribution < 1.29 is 28.8 Å². The lowest BCUT2D eigenvalue weighted by Gasteiger charge is -2.12. The van der Waals surface area contributed by atoms with E-state index in [0.717, 1.165) is 16.7 Å². The second-order valence-electron chi connectivity index (χ2n) is 6.88. The van der Waals surface area contributed by atoms with E-state index in [-0.39, 0.29) is 27.7 Å². The molecule has 9 nitrogen and oxygen atoms in total. The number of nitrogens with zero attached hydrogens (tertiary/aromatic N) is 2. The number of aromatic carboxylic acids is 1. The van der Waals surface area contributed by atoms with Crippen molar-refractivity contribution in [1.82, 2.24) is 4.90 Å². The third-order valence-corrected chi connectivity index (χ3v) is 5.93. The van der Waals surface area contributed by atoms with E-state index < -0.39 is 22.0 Å². The van der Waals surface area contributed by atoms with E-state index in [9.17, 15) is 29.6 Å². The molecule has 1 aliphatic rings. The van der Waals surface area contributed by atoms with Gasteiger partial charge in [-0.3, -0.25) is 24.6 Å². The van der Waals surface area contributed by atoms with Gasteiger partial charge in [-0.05, 0) is 35.5 Å². The summed E-state index contributed by atoms with van der Waals surface area (Å²) in [6, 6.07) is 13.1. The maximum Gasteiger partial charge on any atom is 0.293 e. The van der Waals surface area contributed by atoms with E-state index in [1.54, 1.807) is 18.2 Å². The summed E-state index contributed by atoms with van der Waals surface area (Å²) in [5.41, 5.74) is 0.684. The number of carboxylic acids is 1. The first kappa shape index (κ1) is 22.3. The fourth-order valence-electron chi connectivity index (χ4n) is 3.14. The van der Waals surface area contributed by atoms with E-state index >= 15 is 0 Å². The molecule has 2 amide bonds. The van der Waals surface area contributed by atoms with Crippen LogP contribution < -0.4 is 5.11 Å². The number of furan rings is 1. The maximum absolute atomic E-state index is 12.7. The number of imide groups is 1. The van der Waals surface area contributed by atoms with Crippen LogP contribution in [0.4, 0.5) is 10.5 Å². The Kier molecular flexibility index (Phi) is 6.03. The Morgan fingerprint density at radius 2 is 1.94 bits per heavy atom. The molecule has 1 aromatic heterocycles. The number of carboxylic acid groups (broad SMARTS) is 1. The molecule has 33 heavy (non-hydrogen) atoms. The van der Waals surface area contributed by atoms with Gasteiger partial charge in [0.05, 0.1) is 27.4 Å². The monoisotopic (exact) mass is 483 g/mol. The van der Waals surface area contributed by atoms with Gasteiger partial charge >= 0.3 is 0 Å². The molecule has 0 atom stereocenters. The van der Waals surface area contributed by atoms with Crippen LogP contribution in [0, 0.1) is 10.1 Å². The molecule has 0 spiro atoms. The molecular weight excluding hydrogens is 472 g/mol. The minimum absolute atomic E-state index is 0.00674. The highest BCUT2D eigenvalue weighted by atomic mass is 35.5. The van der Waals surface area contributed by atoms with Crippen LogP contribution >= 0.6 is 23.4 Å². The summed E-state index contributed by atoms with van der Waals surface area (Å²) in [5.74, 6) is -1.27. The van der Waals surface area contributed by atoms with Crippen molar-refractivity contribution in [3.8, 4) is 11.3 Å². The molecule has 1 fully saturated rings. The Balaban J connectivity index is 1.53. The molecule has 11 heteroatoms. The van der Waals surface area contributed by atoms with Crippen LogP contribution in [0.5, 0.6) is 0 Å². The van der Waals surface area contributed by atoms with Crippen molar-refractivity contribution >= 4 is 52.2 Å². The van der Waals surface area contributed by atoms with Crippen LogP contribution in [0.25, 0.3) is 17.4 Å². The molecule has 0 bridgehead atoms. The average molecular weight is 484 g/mol. The number of benzene rings is 2. The summed E-state index contributed by atoms with van der Waals surface area (Å²) in [7, 11) is 0. The Morgan fingerprint density at radius 1 is 1.15 bits per heavy atom. The van der Waals surface area contributed by atoms with E-state index in [1.165, 1.54) is 42.5 Å². The van der Waals surface area contributed by atoms with Gasteiger partial charge in [0.15, 0.2) is 0 Å². The fraction of sp³-hybridized carbons (Fsp3) is 0.0455. The normalized spacial score (nSPS) is 14.8. The van der Waals surface area contributed by atoms with Crippen LogP contribution in [0.1, 0.15) is 21.7 Å². The van der Waals surface area contributed by atoms with Gasteiger partial charge in [0.25, 0.3) is 16.8 Å². The predicted octanol–water partition coefficient (Wildman–Crippen LogP) is 4.11. The van der Waals surface area contributed by atoms with Crippen molar-refractivity contribution in [3.05, 3.63) is 91.5 Å². The highest BCUT2D eigenvalue weighted by Crippen LogP contribution is 2.35. The second-order valence-corrected chi connectivity index (χ2v) is 8.28. The first-order chi connectivity index (χ1) is 15.7. The average Bonchev–Trinajstić information content (AvgIpc) is 3.34. The number of hydrogen-bond acceptors (Lipinski definition) is 8. The Morgan fingerprint density at radius 3 is 2.64 bits per heavy atom. The molecule has 1 aliphatic heterocycles. The van der Waals surface area contributed by atoms with Crippen molar-refractivity contribution in [3.63, 3.8) is 0 Å². The highest BCUT2D eigenvalue weighted by Gasteiger charge is 2.35. The van der Waals surface area contributed by atoms with E-state index in [2.05, 4.69) is 0 Å². The smallest absolute Gasteiger partial charge is 0.293 e. The lowest BCUT2D eigenvalue weighted by molar-refractivity contribution is -0.384. The molecule has 1 saturated heterocycles. The molecule has 0 N–H and O–H groups in total. The number of hydrogen-bond donors (Lipinski definition) is 0. The van der Waals surface area contributed by atoms with Gasteiger partial charge in [-0.1, -0.05) is 35.9 Å². The van der Waals surface area contributed by atoms with Crippen LogP contribution in [-0.4, -0.2) is 26.9 Å². The Hall–Kier alpha value is -3.89. The zero-order valence-electron chi connectivity index (χ0n) is 16.5. The van der Waals surface area contributed by atoms with Gasteiger partial charge in [-0.2, -0.15) is 0 Å². The second kappa shape index (κ2) is 8.93. The molecular formula is C22H12ClN2O7S-. The van der Waals surface area contributed by atoms with E-state index in [0.29, 0.717) is 22.6 Å². The van der Waals surface area contributed by atoms with Crippen molar-refractivity contribution in [2.75, 3.05) is 0 Å². The molecule has 0 unspecified atom stereocenters. The molecule has 2 aromatic carbocycles. The molecule has 2 heterocycles. The van der Waals surface area contributed by atoms with Gasteiger partial charge in [0.1, 0.15) is 11.5 Å². The quantitative estimate of drug-likeness (QED) is 0.290. The van der Waals surface area contributed by atoms with Crippen LogP contribution in [0.3, 0.4) is 0 Å². The van der Waals surface area contributed by atoms with Gasteiger partial charge < -0.3 is 14.3 Å². The molecule has 4 rings (SSSR count). The van der Waals surface area contributed by atoms with Crippen LogP contribution in [0.2, 0.25) is 5.02 Å². The minimum atomic E-state index is -1.40. The number of carbonyl (C=O) groups is 3. The van der Waals surface area contributed by atoms with Crippen LogP contribution in [0.15, 0.2) is 63.9 Å². The number of rotatable bonds is 6. The fourth-order valence-corrected chi connectivity index (χ4v) is 4.21. The largest absolute Gasteiger partial charge is 0.545 e. The summed E-state index contributed by atoms with van der Waals surface area (Å²) >= 11 is 6.69. The van der Waals surface area contributed by atoms with Gasteiger partial charge in [0.2, 0.25) is 0 Å². The third kappa shape index (κ3) is 4.66. The summed E-state index contributed by atoms with van der Waals surface area (Å²) < 4.78 is 5.70. The summed E-state index contributed by atoms with van der Waals surface area (Å²) in [6.45, 7) is -0.101.